The minimum absolute atomic E-state index is 0.445. The van der Waals surface area contributed by atoms with E-state index >= 15 is 0 Å². The zero-order chi connectivity index (χ0) is 16.9. The third kappa shape index (κ3) is 4.29. The largest absolute Gasteiger partial charge is 0.492 e. The van der Waals surface area contributed by atoms with E-state index in [1.165, 1.54) is 0 Å². The molecule has 4 nitrogen and oxygen atoms in total. The van der Waals surface area contributed by atoms with Crippen molar-refractivity contribution in [2.45, 2.75) is 13.0 Å². The zero-order valence-electron chi connectivity index (χ0n) is 13.5. The van der Waals surface area contributed by atoms with Crippen molar-refractivity contribution in [2.75, 3.05) is 19.7 Å². The van der Waals surface area contributed by atoms with Gasteiger partial charge in [-0.1, -0.05) is 23.7 Å². The first kappa shape index (κ1) is 16.8. The van der Waals surface area contributed by atoms with Crippen molar-refractivity contribution in [3.63, 3.8) is 0 Å². The molecule has 0 aliphatic heterocycles. The van der Waals surface area contributed by atoms with Crippen molar-refractivity contribution in [3.05, 3.63) is 64.9 Å². The number of aliphatic hydroxyl groups excluding tert-OH is 1. The van der Waals surface area contributed by atoms with Crippen LogP contribution in [0.5, 0.6) is 5.75 Å². The first-order valence-corrected chi connectivity index (χ1v) is 8.27. The van der Waals surface area contributed by atoms with Crippen LogP contribution in [0.4, 0.5) is 0 Å². The van der Waals surface area contributed by atoms with Crippen molar-refractivity contribution < 1.29 is 14.3 Å². The minimum atomic E-state index is -0.592. The average molecular weight is 346 g/mol. The Kier molecular flexibility index (Phi) is 5.41. The van der Waals surface area contributed by atoms with E-state index in [1.807, 2.05) is 43.3 Å². The molecule has 1 heterocycles. The third-order valence-corrected chi connectivity index (χ3v) is 3.97. The lowest BCUT2D eigenvalue weighted by atomic mass is 10.1. The molecule has 0 amide bonds. The van der Waals surface area contributed by atoms with Crippen LogP contribution >= 0.6 is 11.6 Å². The Labute approximate surface area is 146 Å². The number of aryl methyl sites for hydroxylation is 1. The highest BCUT2D eigenvalue weighted by molar-refractivity contribution is 6.30. The number of aliphatic hydroxyl groups is 1. The highest BCUT2D eigenvalue weighted by atomic mass is 35.5. The van der Waals surface area contributed by atoms with Gasteiger partial charge in [-0.3, -0.25) is 0 Å². The van der Waals surface area contributed by atoms with Crippen molar-refractivity contribution in [2.24, 2.45) is 0 Å². The Morgan fingerprint density at radius 1 is 1.21 bits per heavy atom. The standard InChI is InChI=1S/C19H20ClNO3/c1-13-9-15-5-6-17(11-19(15)24-13)23-8-7-21-12-18(22)14-3-2-4-16(20)10-14/h2-6,9-11,18,21-22H,7-8,12H2,1H3/t18-/m0/s1. The number of hydrogen-bond donors (Lipinski definition) is 2. The van der Waals surface area contributed by atoms with Gasteiger partial charge in [0.25, 0.3) is 0 Å². The van der Waals surface area contributed by atoms with Crippen molar-refractivity contribution >= 4 is 22.6 Å². The number of fused-ring (bicyclic) bond motifs is 1. The molecule has 0 radical (unpaired) electrons. The third-order valence-electron chi connectivity index (χ3n) is 3.73. The van der Waals surface area contributed by atoms with Gasteiger partial charge in [0.15, 0.2) is 0 Å². The smallest absolute Gasteiger partial charge is 0.137 e. The maximum atomic E-state index is 10.1. The van der Waals surface area contributed by atoms with Gasteiger partial charge in [-0.05, 0) is 42.8 Å². The van der Waals surface area contributed by atoms with Gasteiger partial charge in [-0.15, -0.1) is 0 Å². The van der Waals surface area contributed by atoms with Crippen LogP contribution in [0.1, 0.15) is 17.4 Å². The molecule has 3 aromatic rings. The predicted molar refractivity (Wildman–Crippen MR) is 95.7 cm³/mol. The Balaban J connectivity index is 1.43. The fourth-order valence-electron chi connectivity index (χ4n) is 2.55. The Bertz CT molecular complexity index is 815. The molecule has 1 atom stereocenters. The normalized spacial score (nSPS) is 12.5. The summed E-state index contributed by atoms with van der Waals surface area (Å²) in [5.74, 6) is 1.66. The van der Waals surface area contributed by atoms with Gasteiger partial charge in [0, 0.05) is 29.6 Å². The summed E-state index contributed by atoms with van der Waals surface area (Å²) in [6.45, 7) is 3.51. The van der Waals surface area contributed by atoms with Crippen molar-refractivity contribution in [1.29, 1.82) is 0 Å². The van der Waals surface area contributed by atoms with Gasteiger partial charge < -0.3 is 19.6 Å². The van der Waals surface area contributed by atoms with Crippen molar-refractivity contribution in [3.8, 4) is 5.75 Å². The van der Waals surface area contributed by atoms with E-state index in [2.05, 4.69) is 5.32 Å². The summed E-state index contributed by atoms with van der Waals surface area (Å²) in [7, 11) is 0. The zero-order valence-corrected chi connectivity index (χ0v) is 14.2. The second kappa shape index (κ2) is 7.71. The fourth-order valence-corrected chi connectivity index (χ4v) is 2.74. The molecule has 0 aliphatic rings. The van der Waals surface area contributed by atoms with Crippen LogP contribution in [-0.2, 0) is 0 Å². The van der Waals surface area contributed by atoms with Crippen LogP contribution in [0.25, 0.3) is 11.0 Å². The molecule has 5 heteroatoms. The highest BCUT2D eigenvalue weighted by Crippen LogP contribution is 2.23. The quantitative estimate of drug-likeness (QED) is 0.633. The maximum Gasteiger partial charge on any atom is 0.137 e. The topological polar surface area (TPSA) is 54.6 Å². The molecule has 126 valence electrons. The summed E-state index contributed by atoms with van der Waals surface area (Å²) in [6.07, 6.45) is -0.592. The van der Waals surface area contributed by atoms with Gasteiger partial charge in [0.2, 0.25) is 0 Å². The molecule has 0 unspecified atom stereocenters. The first-order valence-electron chi connectivity index (χ1n) is 7.89. The van der Waals surface area contributed by atoms with Gasteiger partial charge >= 0.3 is 0 Å². The summed E-state index contributed by atoms with van der Waals surface area (Å²) in [4.78, 5) is 0. The van der Waals surface area contributed by atoms with E-state index in [9.17, 15) is 5.11 Å². The van der Waals surface area contributed by atoms with E-state index in [0.717, 1.165) is 28.0 Å². The monoisotopic (exact) mass is 345 g/mol. The van der Waals surface area contributed by atoms with E-state index in [-0.39, 0.29) is 0 Å². The summed E-state index contributed by atoms with van der Waals surface area (Å²) in [5.41, 5.74) is 1.63. The molecule has 0 saturated carbocycles. The second-order valence-corrected chi connectivity index (χ2v) is 6.12. The maximum absolute atomic E-state index is 10.1. The molecule has 0 saturated heterocycles. The van der Waals surface area contributed by atoms with Gasteiger partial charge in [-0.25, -0.2) is 0 Å². The van der Waals surface area contributed by atoms with Gasteiger partial charge in [0.1, 0.15) is 23.7 Å². The predicted octanol–water partition coefficient (Wildman–Crippen LogP) is 4.10. The molecular formula is C19H20ClNO3. The van der Waals surface area contributed by atoms with Gasteiger partial charge in [0.05, 0.1) is 6.10 Å². The SMILES string of the molecule is Cc1cc2ccc(OCCNC[C@H](O)c3cccc(Cl)c3)cc2o1. The molecule has 0 spiro atoms. The van der Waals surface area contributed by atoms with Crippen LogP contribution in [0.15, 0.2) is 52.9 Å². The number of ether oxygens (including phenoxy) is 1. The summed E-state index contributed by atoms with van der Waals surface area (Å²) >= 11 is 5.92. The molecule has 2 N–H and O–H groups in total. The first-order chi connectivity index (χ1) is 11.6. The van der Waals surface area contributed by atoms with E-state index in [4.69, 9.17) is 20.8 Å². The second-order valence-electron chi connectivity index (χ2n) is 5.68. The highest BCUT2D eigenvalue weighted by Gasteiger charge is 2.07. The molecule has 1 aromatic heterocycles. The Hall–Kier alpha value is -2.01. The summed E-state index contributed by atoms with van der Waals surface area (Å²) in [6, 6.07) is 15.0. The van der Waals surface area contributed by atoms with E-state index < -0.39 is 6.10 Å². The van der Waals surface area contributed by atoms with Crippen LogP contribution in [-0.4, -0.2) is 24.8 Å². The lowest BCUT2D eigenvalue weighted by molar-refractivity contribution is 0.172. The number of hydrogen-bond acceptors (Lipinski definition) is 4. The molecule has 2 aromatic carbocycles. The number of halogens is 1. The minimum Gasteiger partial charge on any atom is -0.492 e. The Morgan fingerprint density at radius 3 is 2.92 bits per heavy atom. The van der Waals surface area contributed by atoms with E-state index in [0.29, 0.717) is 24.7 Å². The lowest BCUT2D eigenvalue weighted by Gasteiger charge is -2.13. The number of rotatable bonds is 7. The van der Waals surface area contributed by atoms with Crippen LogP contribution in [0, 0.1) is 6.92 Å². The average Bonchev–Trinajstić information content (AvgIpc) is 2.93. The molecule has 24 heavy (non-hydrogen) atoms. The molecular weight excluding hydrogens is 326 g/mol. The number of benzene rings is 2. The summed E-state index contributed by atoms with van der Waals surface area (Å²) < 4.78 is 11.3. The number of nitrogens with one attached hydrogen (secondary N) is 1. The van der Waals surface area contributed by atoms with Gasteiger partial charge in [-0.2, -0.15) is 0 Å². The van der Waals surface area contributed by atoms with E-state index in [1.54, 1.807) is 12.1 Å². The fraction of sp³-hybridized carbons (Fsp3) is 0.263. The number of furan rings is 1. The molecule has 0 aliphatic carbocycles. The van der Waals surface area contributed by atoms with Crippen LogP contribution in [0.3, 0.4) is 0 Å². The molecule has 3 rings (SSSR count). The van der Waals surface area contributed by atoms with Crippen molar-refractivity contribution in [1.82, 2.24) is 5.32 Å². The lowest BCUT2D eigenvalue weighted by Crippen LogP contribution is -2.26. The van der Waals surface area contributed by atoms with Crippen LogP contribution in [0.2, 0.25) is 5.02 Å². The Morgan fingerprint density at radius 2 is 2.08 bits per heavy atom. The molecule has 0 fully saturated rings. The summed E-state index contributed by atoms with van der Waals surface area (Å²) in [5, 5.41) is 15.0. The van der Waals surface area contributed by atoms with Crippen LogP contribution < -0.4 is 10.1 Å². The molecule has 0 bridgehead atoms.